The third-order valence-corrected chi connectivity index (χ3v) is 3.37. The molecule has 15 heavy (non-hydrogen) atoms. The van der Waals surface area contributed by atoms with Crippen molar-refractivity contribution in [3.63, 3.8) is 0 Å². The molecular weight excluding hydrogens is 206 g/mol. The molecule has 0 spiro atoms. The van der Waals surface area contributed by atoms with Crippen molar-refractivity contribution in [1.82, 2.24) is 0 Å². The van der Waals surface area contributed by atoms with Gasteiger partial charge in [-0.25, -0.2) is 0 Å². The second-order valence-electron chi connectivity index (χ2n) is 4.63. The molecule has 1 unspecified atom stereocenters. The van der Waals surface area contributed by atoms with E-state index in [1.54, 1.807) is 0 Å². The van der Waals surface area contributed by atoms with Gasteiger partial charge in [0.15, 0.2) is 0 Å². The van der Waals surface area contributed by atoms with E-state index in [1.165, 1.54) is 44.9 Å². The van der Waals surface area contributed by atoms with Crippen molar-refractivity contribution >= 4 is 12.4 Å². The lowest BCUT2D eigenvalue weighted by Crippen LogP contribution is -2.46. The van der Waals surface area contributed by atoms with Crippen molar-refractivity contribution in [2.75, 3.05) is 0 Å². The molecule has 0 aliphatic rings. The first-order valence-electron chi connectivity index (χ1n) is 6.43. The van der Waals surface area contributed by atoms with Gasteiger partial charge < -0.3 is 5.73 Å². The zero-order valence-electron chi connectivity index (χ0n) is 11.0. The van der Waals surface area contributed by atoms with Crippen molar-refractivity contribution < 1.29 is 0 Å². The van der Waals surface area contributed by atoms with Crippen LogP contribution in [0.25, 0.3) is 0 Å². The molecular formula is C13H30ClN. The summed E-state index contributed by atoms with van der Waals surface area (Å²) in [5.74, 6) is 0.729. The van der Waals surface area contributed by atoms with Gasteiger partial charge in [0.25, 0.3) is 0 Å². The first-order chi connectivity index (χ1) is 6.64. The van der Waals surface area contributed by atoms with E-state index in [2.05, 4.69) is 27.7 Å². The Kier molecular flexibility index (Phi) is 11.1. The molecule has 0 saturated carbocycles. The Morgan fingerprint density at radius 2 is 1.40 bits per heavy atom. The van der Waals surface area contributed by atoms with Gasteiger partial charge in [0, 0.05) is 5.54 Å². The molecule has 0 aliphatic heterocycles. The molecule has 0 amide bonds. The van der Waals surface area contributed by atoms with Crippen LogP contribution >= 0.6 is 12.4 Å². The Morgan fingerprint density at radius 1 is 0.933 bits per heavy atom. The summed E-state index contributed by atoms with van der Waals surface area (Å²) < 4.78 is 0. The maximum atomic E-state index is 6.56. The Labute approximate surface area is 103 Å². The van der Waals surface area contributed by atoms with Crippen LogP contribution in [0.15, 0.2) is 0 Å². The van der Waals surface area contributed by atoms with Gasteiger partial charge in [0.2, 0.25) is 0 Å². The van der Waals surface area contributed by atoms with Gasteiger partial charge in [-0.3, -0.25) is 0 Å². The lowest BCUT2D eigenvalue weighted by atomic mass is 9.74. The fourth-order valence-corrected chi connectivity index (χ4v) is 2.71. The first-order valence-corrected chi connectivity index (χ1v) is 6.43. The van der Waals surface area contributed by atoms with E-state index >= 15 is 0 Å². The Hall–Kier alpha value is 0.250. The molecule has 94 valence electrons. The average Bonchev–Trinajstić information content (AvgIpc) is 2.14. The van der Waals surface area contributed by atoms with E-state index in [-0.39, 0.29) is 17.9 Å². The fourth-order valence-electron chi connectivity index (χ4n) is 2.71. The normalized spacial score (nSPS) is 13.4. The highest BCUT2D eigenvalue weighted by atomic mass is 35.5. The van der Waals surface area contributed by atoms with Crippen molar-refractivity contribution in [1.29, 1.82) is 0 Å². The Bertz CT molecular complexity index is 130. The summed E-state index contributed by atoms with van der Waals surface area (Å²) in [5, 5.41) is 0. The van der Waals surface area contributed by atoms with Crippen LogP contribution in [0.2, 0.25) is 0 Å². The highest BCUT2D eigenvalue weighted by Crippen LogP contribution is 2.31. The zero-order chi connectivity index (χ0) is 11.0. The van der Waals surface area contributed by atoms with Gasteiger partial charge in [-0.1, -0.05) is 53.4 Å². The van der Waals surface area contributed by atoms with E-state index in [0.29, 0.717) is 0 Å². The van der Waals surface area contributed by atoms with Crippen LogP contribution in [-0.4, -0.2) is 5.54 Å². The summed E-state index contributed by atoms with van der Waals surface area (Å²) in [7, 11) is 0. The van der Waals surface area contributed by atoms with E-state index in [1.807, 2.05) is 0 Å². The standard InChI is InChI=1S/C13H29N.ClH/c1-5-9-12(8-4)13(14,10-6-2)11-7-3;/h12H,5-11,14H2,1-4H3;1H. The number of rotatable bonds is 8. The molecule has 2 heteroatoms. The predicted octanol–water partition coefficient (Wildman–Crippen LogP) is 4.53. The molecule has 0 bridgehead atoms. The van der Waals surface area contributed by atoms with Crippen LogP contribution in [0.3, 0.4) is 0 Å². The molecule has 0 saturated heterocycles. The summed E-state index contributed by atoms with van der Waals surface area (Å²) in [6.07, 6.45) is 8.63. The van der Waals surface area contributed by atoms with Crippen molar-refractivity contribution in [3.05, 3.63) is 0 Å². The molecule has 1 atom stereocenters. The van der Waals surface area contributed by atoms with E-state index in [4.69, 9.17) is 5.73 Å². The molecule has 0 fully saturated rings. The third-order valence-electron chi connectivity index (χ3n) is 3.37. The van der Waals surface area contributed by atoms with Gasteiger partial charge in [-0.05, 0) is 25.2 Å². The summed E-state index contributed by atoms with van der Waals surface area (Å²) in [6.45, 7) is 9.04. The van der Waals surface area contributed by atoms with Crippen LogP contribution in [0, 0.1) is 5.92 Å². The second kappa shape index (κ2) is 9.47. The molecule has 2 N–H and O–H groups in total. The number of hydrogen-bond acceptors (Lipinski definition) is 1. The highest BCUT2D eigenvalue weighted by molar-refractivity contribution is 5.85. The molecule has 0 aliphatic carbocycles. The molecule has 0 aromatic heterocycles. The largest absolute Gasteiger partial charge is 0.325 e. The van der Waals surface area contributed by atoms with Crippen LogP contribution in [0.1, 0.15) is 72.6 Å². The Morgan fingerprint density at radius 3 is 1.67 bits per heavy atom. The van der Waals surface area contributed by atoms with Crippen molar-refractivity contribution in [2.24, 2.45) is 11.7 Å². The molecule has 0 aromatic carbocycles. The van der Waals surface area contributed by atoms with Crippen molar-refractivity contribution in [2.45, 2.75) is 78.2 Å². The lowest BCUT2D eigenvalue weighted by molar-refractivity contribution is 0.210. The number of hydrogen-bond donors (Lipinski definition) is 1. The summed E-state index contributed by atoms with van der Waals surface area (Å²) in [5.41, 5.74) is 6.68. The fraction of sp³-hybridized carbons (Fsp3) is 1.00. The molecule has 0 heterocycles. The monoisotopic (exact) mass is 235 g/mol. The summed E-state index contributed by atoms with van der Waals surface area (Å²) in [6, 6.07) is 0. The second-order valence-corrected chi connectivity index (χ2v) is 4.63. The van der Waals surface area contributed by atoms with E-state index in [0.717, 1.165) is 5.92 Å². The SMILES string of the molecule is CCCC(CC)C(N)(CCC)CCC.Cl. The van der Waals surface area contributed by atoms with Crippen LogP contribution < -0.4 is 5.73 Å². The average molecular weight is 236 g/mol. The van der Waals surface area contributed by atoms with Gasteiger partial charge >= 0.3 is 0 Å². The molecule has 1 nitrogen and oxygen atoms in total. The van der Waals surface area contributed by atoms with Gasteiger partial charge in [-0.2, -0.15) is 0 Å². The van der Waals surface area contributed by atoms with Crippen LogP contribution in [0.4, 0.5) is 0 Å². The maximum absolute atomic E-state index is 6.56. The maximum Gasteiger partial charge on any atom is 0.0182 e. The Balaban J connectivity index is 0. The topological polar surface area (TPSA) is 26.0 Å². The zero-order valence-corrected chi connectivity index (χ0v) is 11.8. The smallest absolute Gasteiger partial charge is 0.0182 e. The predicted molar refractivity (Wildman–Crippen MR) is 72.7 cm³/mol. The first kappa shape index (κ1) is 17.6. The van der Waals surface area contributed by atoms with Gasteiger partial charge in [-0.15, -0.1) is 12.4 Å². The molecule has 0 aromatic rings. The van der Waals surface area contributed by atoms with Gasteiger partial charge in [0.1, 0.15) is 0 Å². The van der Waals surface area contributed by atoms with Crippen molar-refractivity contribution in [3.8, 4) is 0 Å². The lowest BCUT2D eigenvalue weighted by Gasteiger charge is -2.37. The quantitative estimate of drug-likeness (QED) is 0.657. The van der Waals surface area contributed by atoms with Gasteiger partial charge in [0.05, 0.1) is 0 Å². The highest BCUT2D eigenvalue weighted by Gasteiger charge is 2.30. The summed E-state index contributed by atoms with van der Waals surface area (Å²) >= 11 is 0. The van der Waals surface area contributed by atoms with Crippen LogP contribution in [-0.2, 0) is 0 Å². The minimum absolute atomic E-state index is 0. The minimum atomic E-state index is 0. The summed E-state index contributed by atoms with van der Waals surface area (Å²) in [4.78, 5) is 0. The number of halogens is 1. The molecule has 0 rings (SSSR count). The van der Waals surface area contributed by atoms with E-state index < -0.39 is 0 Å². The third kappa shape index (κ3) is 5.77. The van der Waals surface area contributed by atoms with Crippen LogP contribution in [0.5, 0.6) is 0 Å². The molecule has 0 radical (unpaired) electrons. The minimum Gasteiger partial charge on any atom is -0.325 e. The number of nitrogens with two attached hydrogens (primary N) is 1. The van der Waals surface area contributed by atoms with E-state index in [9.17, 15) is 0 Å².